The summed E-state index contributed by atoms with van der Waals surface area (Å²) < 4.78 is 2.37. The monoisotopic (exact) mass is 694 g/mol. The van der Waals surface area contributed by atoms with E-state index in [-0.39, 0.29) is 5.41 Å². The maximum absolute atomic E-state index is 4.27. The van der Waals surface area contributed by atoms with Gasteiger partial charge in [0.05, 0.1) is 16.7 Å². The fourth-order valence-electron chi connectivity index (χ4n) is 8.52. The van der Waals surface area contributed by atoms with Gasteiger partial charge in [0.2, 0.25) is 0 Å². The lowest BCUT2D eigenvalue weighted by Gasteiger charge is -2.29. The molecule has 0 fully saturated rings. The van der Waals surface area contributed by atoms with E-state index in [1.165, 1.54) is 72.0 Å². The number of benzene rings is 7. The Balaban J connectivity index is 1.18. The first-order valence-electron chi connectivity index (χ1n) is 18.8. The third-order valence-corrected chi connectivity index (χ3v) is 11.1. The van der Waals surface area contributed by atoms with Crippen LogP contribution >= 0.6 is 0 Å². The van der Waals surface area contributed by atoms with Crippen LogP contribution in [-0.2, 0) is 5.41 Å². The van der Waals surface area contributed by atoms with Crippen molar-refractivity contribution in [3.8, 4) is 27.9 Å². The largest absolute Gasteiger partial charge is 0.310 e. The number of fused-ring (bicyclic) bond motifs is 4. The molecule has 1 heterocycles. The van der Waals surface area contributed by atoms with Crippen molar-refractivity contribution in [2.75, 3.05) is 4.90 Å². The van der Waals surface area contributed by atoms with Crippen LogP contribution in [0.3, 0.4) is 0 Å². The standard InChI is InChI=1S/C52H42N2/c1-5-16-44-46(6-2)52(3,4)47-22-15-24-50(51(44)47)53(41-30-25-37(26-31-41)36-17-9-7-10-18-36)42-32-27-38(28-33-42)39-29-34-49-45(35-39)43-21-13-14-23-48(43)54(49)40-19-11-8-12-20-40/h5-35H,2H2,1,3-4H3/b16-5-. The zero-order valence-electron chi connectivity index (χ0n) is 31.0. The molecule has 54 heavy (non-hydrogen) atoms. The molecule has 0 aliphatic heterocycles. The molecule has 7 aromatic carbocycles. The smallest absolute Gasteiger partial charge is 0.0543 e. The molecule has 2 heteroatoms. The van der Waals surface area contributed by atoms with Gasteiger partial charge in [-0.3, -0.25) is 0 Å². The number of anilines is 3. The van der Waals surface area contributed by atoms with E-state index in [2.05, 4.69) is 219 Å². The number of para-hydroxylation sites is 2. The van der Waals surface area contributed by atoms with Gasteiger partial charge in [-0.2, -0.15) is 0 Å². The van der Waals surface area contributed by atoms with Crippen LogP contribution in [-0.4, -0.2) is 4.57 Å². The molecular formula is C52H42N2. The minimum Gasteiger partial charge on any atom is -0.310 e. The Kier molecular flexibility index (Phi) is 8.24. The molecule has 0 saturated heterocycles. The average Bonchev–Trinajstić information content (AvgIpc) is 3.67. The number of rotatable bonds is 8. The van der Waals surface area contributed by atoms with Gasteiger partial charge in [0.25, 0.3) is 0 Å². The van der Waals surface area contributed by atoms with Crippen LogP contribution in [0, 0.1) is 0 Å². The molecule has 0 spiro atoms. The summed E-state index contributed by atoms with van der Waals surface area (Å²) in [5.74, 6) is 0. The summed E-state index contributed by atoms with van der Waals surface area (Å²) in [7, 11) is 0. The highest BCUT2D eigenvalue weighted by Crippen LogP contribution is 2.52. The number of aromatic nitrogens is 1. The Morgan fingerprint density at radius 2 is 1.13 bits per heavy atom. The average molecular weight is 695 g/mol. The SMILES string of the molecule is C=CC1=C(/C=C\C)c2c(N(c3ccc(-c4ccccc4)cc3)c3ccc(-c4ccc5c(c4)c4ccccc4n5-c4ccccc4)cc3)cccc2C1(C)C. The van der Waals surface area contributed by atoms with Gasteiger partial charge in [-0.15, -0.1) is 0 Å². The lowest BCUT2D eigenvalue weighted by Crippen LogP contribution is -2.17. The zero-order chi connectivity index (χ0) is 36.8. The molecule has 1 aliphatic rings. The van der Waals surface area contributed by atoms with Crippen LogP contribution in [0.1, 0.15) is 31.9 Å². The molecule has 2 nitrogen and oxygen atoms in total. The molecule has 9 rings (SSSR count). The normalized spacial score (nSPS) is 13.5. The van der Waals surface area contributed by atoms with E-state index in [1.807, 2.05) is 6.08 Å². The summed E-state index contributed by atoms with van der Waals surface area (Å²) in [6.07, 6.45) is 6.43. The van der Waals surface area contributed by atoms with Gasteiger partial charge in [0.1, 0.15) is 0 Å². The van der Waals surface area contributed by atoms with Crippen LogP contribution < -0.4 is 4.90 Å². The van der Waals surface area contributed by atoms with E-state index < -0.39 is 0 Å². The molecule has 0 N–H and O–H groups in total. The van der Waals surface area contributed by atoms with E-state index in [4.69, 9.17) is 0 Å². The van der Waals surface area contributed by atoms with Gasteiger partial charge in [0.15, 0.2) is 0 Å². The summed E-state index contributed by atoms with van der Waals surface area (Å²) in [5, 5.41) is 2.50. The molecule has 8 aromatic rings. The highest BCUT2D eigenvalue weighted by Gasteiger charge is 2.38. The lowest BCUT2D eigenvalue weighted by molar-refractivity contribution is 0.654. The van der Waals surface area contributed by atoms with Crippen molar-refractivity contribution in [3.05, 3.63) is 211 Å². The fraction of sp³-hybridized carbons (Fsp3) is 0.0769. The van der Waals surface area contributed by atoms with Crippen LogP contribution in [0.25, 0.3) is 55.3 Å². The molecule has 0 atom stereocenters. The minimum atomic E-state index is -0.170. The molecule has 0 radical (unpaired) electrons. The number of hydrogen-bond acceptors (Lipinski definition) is 1. The van der Waals surface area contributed by atoms with Crippen molar-refractivity contribution in [1.82, 2.24) is 4.57 Å². The summed E-state index contributed by atoms with van der Waals surface area (Å²) in [4.78, 5) is 2.42. The molecule has 260 valence electrons. The van der Waals surface area contributed by atoms with Crippen molar-refractivity contribution in [1.29, 1.82) is 0 Å². The molecule has 0 bridgehead atoms. The topological polar surface area (TPSA) is 8.17 Å². The Labute approximate surface area is 318 Å². The van der Waals surface area contributed by atoms with Crippen molar-refractivity contribution < 1.29 is 0 Å². The lowest BCUT2D eigenvalue weighted by atomic mass is 9.81. The maximum atomic E-state index is 4.27. The van der Waals surface area contributed by atoms with E-state index in [1.54, 1.807) is 0 Å². The van der Waals surface area contributed by atoms with Gasteiger partial charge in [-0.25, -0.2) is 0 Å². The van der Waals surface area contributed by atoms with Gasteiger partial charge >= 0.3 is 0 Å². The van der Waals surface area contributed by atoms with E-state index >= 15 is 0 Å². The van der Waals surface area contributed by atoms with Crippen molar-refractivity contribution in [3.63, 3.8) is 0 Å². The van der Waals surface area contributed by atoms with Crippen LogP contribution in [0.2, 0.25) is 0 Å². The first-order chi connectivity index (χ1) is 26.5. The molecule has 0 saturated carbocycles. The summed E-state index contributed by atoms with van der Waals surface area (Å²) in [6.45, 7) is 11.0. The van der Waals surface area contributed by atoms with Gasteiger partial charge in [-0.05, 0) is 107 Å². The Hall–Kier alpha value is -6.64. The van der Waals surface area contributed by atoms with Crippen LogP contribution in [0.5, 0.6) is 0 Å². The molecule has 0 unspecified atom stereocenters. The van der Waals surface area contributed by atoms with E-state index in [0.29, 0.717) is 0 Å². The molecule has 1 aliphatic carbocycles. The predicted molar refractivity (Wildman–Crippen MR) is 231 cm³/mol. The second kappa shape index (κ2) is 13.4. The number of allylic oxidation sites excluding steroid dienone is 5. The summed E-state index contributed by atoms with van der Waals surface area (Å²) in [6, 6.07) is 61.6. The Morgan fingerprint density at radius 1 is 0.556 bits per heavy atom. The van der Waals surface area contributed by atoms with Crippen LogP contribution in [0.15, 0.2) is 200 Å². The molecular weight excluding hydrogens is 653 g/mol. The van der Waals surface area contributed by atoms with Crippen molar-refractivity contribution >= 4 is 44.4 Å². The second-order valence-corrected chi connectivity index (χ2v) is 14.6. The first kappa shape index (κ1) is 33.2. The maximum Gasteiger partial charge on any atom is 0.0543 e. The highest BCUT2D eigenvalue weighted by molar-refractivity contribution is 6.10. The quantitative estimate of drug-likeness (QED) is 0.154. The van der Waals surface area contributed by atoms with Crippen molar-refractivity contribution in [2.24, 2.45) is 0 Å². The van der Waals surface area contributed by atoms with Gasteiger partial charge < -0.3 is 9.47 Å². The number of nitrogens with zero attached hydrogens (tertiary/aromatic N) is 2. The Bertz CT molecular complexity index is 2730. The van der Waals surface area contributed by atoms with Crippen molar-refractivity contribution in [2.45, 2.75) is 26.2 Å². The third-order valence-electron chi connectivity index (χ3n) is 11.1. The summed E-state index contributed by atoms with van der Waals surface area (Å²) >= 11 is 0. The van der Waals surface area contributed by atoms with Gasteiger partial charge in [-0.1, -0.05) is 148 Å². The van der Waals surface area contributed by atoms with E-state index in [9.17, 15) is 0 Å². The van der Waals surface area contributed by atoms with Crippen LogP contribution in [0.4, 0.5) is 17.1 Å². The number of hydrogen-bond donors (Lipinski definition) is 0. The predicted octanol–water partition coefficient (Wildman–Crippen LogP) is 14.4. The van der Waals surface area contributed by atoms with Gasteiger partial charge in [0, 0.05) is 38.8 Å². The highest BCUT2D eigenvalue weighted by atomic mass is 15.1. The minimum absolute atomic E-state index is 0.170. The zero-order valence-corrected chi connectivity index (χ0v) is 31.0. The first-order valence-corrected chi connectivity index (χ1v) is 18.8. The molecule has 1 aromatic heterocycles. The summed E-state index contributed by atoms with van der Waals surface area (Å²) in [5.41, 5.74) is 16.6. The fourth-order valence-corrected chi connectivity index (χ4v) is 8.52. The van der Waals surface area contributed by atoms with E-state index in [0.717, 1.165) is 17.1 Å². The molecule has 0 amide bonds. The third kappa shape index (κ3) is 5.42. The second-order valence-electron chi connectivity index (χ2n) is 14.6. The Morgan fingerprint density at radius 3 is 1.80 bits per heavy atom.